The van der Waals surface area contributed by atoms with Crippen molar-refractivity contribution in [2.24, 2.45) is 0 Å². The summed E-state index contributed by atoms with van der Waals surface area (Å²) in [5, 5.41) is -12.4. The van der Waals surface area contributed by atoms with E-state index in [0.717, 1.165) is 0 Å². The van der Waals surface area contributed by atoms with Gasteiger partial charge in [0.1, 0.15) is 9.63 Å². The third-order valence-electron chi connectivity index (χ3n) is 2.08. The van der Waals surface area contributed by atoms with E-state index in [1.165, 1.54) is 0 Å². The van der Waals surface area contributed by atoms with E-state index in [1.54, 1.807) is 0 Å². The van der Waals surface area contributed by atoms with Crippen molar-refractivity contribution < 1.29 is 66.0 Å². The molecule has 136 valence electrons. The Bertz CT molecular complexity index is 409. The molecule has 0 aromatic carbocycles. The Balaban J connectivity index is 6.70. The van der Waals surface area contributed by atoms with Gasteiger partial charge in [-0.3, -0.25) is 0 Å². The van der Waals surface area contributed by atoms with Gasteiger partial charge in [-0.05, 0) is 0 Å². The second kappa shape index (κ2) is 4.86. The minimum Gasteiger partial charge on any atom is -0.306 e. The van der Waals surface area contributed by atoms with Crippen LogP contribution in [-0.4, -0.2) is 48.5 Å². The van der Waals surface area contributed by atoms with Crippen LogP contribution in [0.15, 0.2) is 0 Å². The maximum Gasteiger partial charge on any atom is 0.414 e. The highest BCUT2D eigenvalue weighted by atomic mass is 32.3. The van der Waals surface area contributed by atoms with Gasteiger partial charge in [0.15, 0.2) is 0 Å². The normalized spacial score (nSPS) is 17.7. The average molecular weight is 384 g/mol. The molecule has 0 aromatic heterocycles. The highest BCUT2D eigenvalue weighted by molar-refractivity contribution is 8.11. The Kier molecular flexibility index (Phi) is 4.69. The van der Waals surface area contributed by atoms with Gasteiger partial charge >= 0.3 is 24.7 Å². The summed E-state index contributed by atoms with van der Waals surface area (Å²) in [7, 11) is -9.45. The van der Waals surface area contributed by atoms with Crippen molar-refractivity contribution >= 4 is 9.63 Å². The first-order valence-electron chi connectivity index (χ1n) is 4.43. The molecule has 0 aliphatic carbocycles. The van der Waals surface area contributed by atoms with E-state index in [4.69, 9.17) is 9.11 Å². The molecule has 0 aromatic rings. The van der Waals surface area contributed by atoms with Crippen molar-refractivity contribution in [2.75, 3.05) is 0 Å². The van der Waals surface area contributed by atoms with E-state index < -0.39 is 44.8 Å². The molecule has 0 spiro atoms. The molecule has 0 aliphatic heterocycles. The van der Waals surface area contributed by atoms with E-state index in [9.17, 15) is 56.9 Å². The summed E-state index contributed by atoms with van der Waals surface area (Å²) in [5.74, 6) is 0. The van der Waals surface area contributed by atoms with E-state index in [0.29, 0.717) is 0 Å². The molecular formula is C6H4F12O3S. The topological polar surface area (TPSA) is 57.5 Å². The molecule has 3 nitrogen and oxygen atoms in total. The summed E-state index contributed by atoms with van der Waals surface area (Å²) in [6.07, 6.45) is -28.5. The summed E-state index contributed by atoms with van der Waals surface area (Å²) >= 11 is 0. The van der Waals surface area contributed by atoms with Crippen molar-refractivity contribution in [2.45, 2.75) is 35.2 Å². The van der Waals surface area contributed by atoms with E-state index >= 15 is 0 Å². The summed E-state index contributed by atoms with van der Waals surface area (Å²) in [5.41, 5.74) is 0. The molecule has 0 saturated heterocycles. The van der Waals surface area contributed by atoms with Crippen LogP contribution < -0.4 is 0 Å². The lowest BCUT2D eigenvalue weighted by molar-refractivity contribution is -0.244. The predicted octanol–water partition coefficient (Wildman–Crippen LogP) is 3.74. The fraction of sp³-hybridized carbons (Fsp3) is 1.00. The van der Waals surface area contributed by atoms with Gasteiger partial charge in [-0.1, -0.05) is 0 Å². The van der Waals surface area contributed by atoms with Crippen molar-refractivity contribution in [3.05, 3.63) is 0 Å². The van der Waals surface area contributed by atoms with Crippen molar-refractivity contribution in [3.63, 3.8) is 0 Å². The Morgan fingerprint density at radius 3 is 0.773 bits per heavy atom. The number of halogens is 12. The van der Waals surface area contributed by atoms with Crippen LogP contribution in [0.25, 0.3) is 0 Å². The average Bonchev–Trinajstić information content (AvgIpc) is 1.81. The van der Waals surface area contributed by atoms with Gasteiger partial charge in [0.2, 0.25) is 10.5 Å². The lowest BCUT2D eigenvalue weighted by Gasteiger charge is -2.45. The quantitative estimate of drug-likeness (QED) is 0.714. The second-order valence-corrected chi connectivity index (χ2v) is 6.81. The standard InChI is InChI=1S/C6H4F12O3S/c7-3(8,9)1(4(10,11)12)22(19,20,21)2(5(13,14)15)6(16,17)18/h1-2H,(H2,19,20,21). The van der Waals surface area contributed by atoms with Gasteiger partial charge in [0, 0.05) is 0 Å². The smallest absolute Gasteiger partial charge is 0.306 e. The van der Waals surface area contributed by atoms with Crippen LogP contribution in [0, 0.1) is 0 Å². The molecule has 2 N–H and O–H groups in total. The summed E-state index contributed by atoms with van der Waals surface area (Å²) < 4.78 is 174. The van der Waals surface area contributed by atoms with Gasteiger partial charge in [-0.15, -0.1) is 0 Å². The Morgan fingerprint density at radius 1 is 0.545 bits per heavy atom. The van der Waals surface area contributed by atoms with Crippen LogP contribution in [0.2, 0.25) is 0 Å². The number of alkyl halides is 12. The highest BCUT2D eigenvalue weighted by Crippen LogP contribution is 2.54. The summed E-state index contributed by atoms with van der Waals surface area (Å²) in [6, 6.07) is 0. The minimum absolute atomic E-state index is 6.18. The van der Waals surface area contributed by atoms with Crippen LogP contribution >= 0.6 is 0 Å². The lowest BCUT2D eigenvalue weighted by atomic mass is 10.4. The van der Waals surface area contributed by atoms with Crippen molar-refractivity contribution in [1.82, 2.24) is 0 Å². The fourth-order valence-electron chi connectivity index (χ4n) is 1.51. The Labute approximate surface area is 112 Å². The van der Waals surface area contributed by atoms with Crippen LogP contribution in [0.3, 0.4) is 0 Å². The van der Waals surface area contributed by atoms with Crippen LogP contribution in [0.5, 0.6) is 0 Å². The molecule has 0 aliphatic rings. The third kappa shape index (κ3) is 4.15. The molecule has 0 saturated carbocycles. The molecule has 0 radical (unpaired) electrons. The zero-order valence-corrected chi connectivity index (χ0v) is 10.2. The second-order valence-electron chi connectivity index (χ2n) is 3.91. The van der Waals surface area contributed by atoms with Gasteiger partial charge in [0.05, 0.1) is 0 Å². The van der Waals surface area contributed by atoms with Crippen LogP contribution in [-0.2, 0) is 9.63 Å². The molecule has 22 heavy (non-hydrogen) atoms. The van der Waals surface area contributed by atoms with Crippen molar-refractivity contribution in [3.8, 4) is 0 Å². The molecule has 0 fully saturated rings. The van der Waals surface area contributed by atoms with Crippen LogP contribution in [0.4, 0.5) is 52.7 Å². The molecule has 0 rings (SSSR count). The first-order valence-corrected chi connectivity index (χ1v) is 6.43. The Morgan fingerprint density at radius 2 is 0.682 bits per heavy atom. The number of rotatable bonds is 2. The monoisotopic (exact) mass is 384 g/mol. The van der Waals surface area contributed by atoms with Gasteiger partial charge in [-0.25, -0.2) is 4.21 Å². The van der Waals surface area contributed by atoms with E-state index in [-0.39, 0.29) is 0 Å². The number of hydrogen-bond donors (Lipinski definition) is 2. The molecule has 0 amide bonds. The lowest BCUT2D eigenvalue weighted by Crippen LogP contribution is -2.70. The first kappa shape index (κ1) is 21.2. The maximum atomic E-state index is 12.1. The zero-order valence-electron chi connectivity index (χ0n) is 9.40. The molecular weight excluding hydrogens is 380 g/mol. The summed E-state index contributed by atoms with van der Waals surface area (Å²) in [4.78, 5) is 0. The first-order chi connectivity index (χ1) is 9.01. The van der Waals surface area contributed by atoms with Crippen LogP contribution in [0.1, 0.15) is 0 Å². The molecule has 0 unspecified atom stereocenters. The molecule has 16 heteroatoms. The molecule has 0 heterocycles. The van der Waals surface area contributed by atoms with Gasteiger partial charge in [-0.2, -0.15) is 52.7 Å². The largest absolute Gasteiger partial charge is 0.414 e. The SMILES string of the molecule is O=S(O)(O)(C(C(F)(F)F)C(F)(F)F)C(C(F)(F)F)C(F)(F)F. The fourth-order valence-corrected chi connectivity index (χ4v) is 3.79. The highest BCUT2D eigenvalue weighted by Gasteiger charge is 2.80. The molecule has 0 bridgehead atoms. The van der Waals surface area contributed by atoms with Gasteiger partial charge < -0.3 is 9.11 Å². The maximum absolute atomic E-state index is 12.1. The van der Waals surface area contributed by atoms with Crippen molar-refractivity contribution in [1.29, 1.82) is 0 Å². The predicted molar refractivity (Wildman–Crippen MR) is 45.2 cm³/mol. The summed E-state index contributed by atoms with van der Waals surface area (Å²) in [6.45, 7) is 0. The Hall–Kier alpha value is -0.770. The van der Waals surface area contributed by atoms with E-state index in [2.05, 4.69) is 0 Å². The molecule has 0 atom stereocenters. The van der Waals surface area contributed by atoms with Gasteiger partial charge in [0.25, 0.3) is 0 Å². The van der Waals surface area contributed by atoms with E-state index in [1.807, 2.05) is 0 Å². The minimum atomic E-state index is -9.45. The third-order valence-corrected chi connectivity index (χ3v) is 4.92. The number of hydrogen-bond acceptors (Lipinski definition) is 1. The zero-order chi connectivity index (χ0) is 18.6.